The molecule has 2 rings (SSSR count). The Hall–Kier alpha value is -1.67. The lowest BCUT2D eigenvalue weighted by Gasteiger charge is -2.20. The van der Waals surface area contributed by atoms with Crippen LogP contribution in [-0.4, -0.2) is 54.5 Å². The summed E-state index contributed by atoms with van der Waals surface area (Å²) in [4.78, 5) is 17.6. The van der Waals surface area contributed by atoms with Gasteiger partial charge in [-0.15, -0.1) is 0 Å². The van der Waals surface area contributed by atoms with Crippen LogP contribution in [0.2, 0.25) is 0 Å². The van der Waals surface area contributed by atoms with Gasteiger partial charge in [0, 0.05) is 27.3 Å². The Balaban J connectivity index is 1.72. The average molecular weight is 284 g/mol. The Morgan fingerprint density at radius 2 is 2.45 bits per heavy atom. The minimum Gasteiger partial charge on any atom is -0.377 e. The topological polar surface area (TPSA) is 89.7 Å². The first-order valence-electron chi connectivity index (χ1n) is 6.60. The number of hydrogen-bond acceptors (Lipinski definition) is 6. The summed E-state index contributed by atoms with van der Waals surface area (Å²) in [7, 11) is 3.29. The largest absolute Gasteiger partial charge is 0.377 e. The van der Waals surface area contributed by atoms with Gasteiger partial charge in [0.2, 0.25) is 5.89 Å². The summed E-state index contributed by atoms with van der Waals surface area (Å²) in [6, 6.07) is -0.188. The van der Waals surface area contributed by atoms with Gasteiger partial charge in [0.1, 0.15) is 6.61 Å². The van der Waals surface area contributed by atoms with Crippen LogP contribution in [0.4, 0.5) is 4.79 Å². The molecule has 0 spiro atoms. The molecule has 1 atom stereocenters. The van der Waals surface area contributed by atoms with Gasteiger partial charge < -0.3 is 24.2 Å². The average Bonchev–Trinajstić information content (AvgIpc) is 3.08. The lowest BCUT2D eigenvalue weighted by Crippen LogP contribution is -2.40. The SMILES string of the molecule is COCc1noc(CNC(=O)N(C)CC2CCCO2)n1. The first-order chi connectivity index (χ1) is 9.69. The van der Waals surface area contributed by atoms with Crippen LogP contribution in [0.15, 0.2) is 4.52 Å². The molecule has 1 aliphatic rings. The van der Waals surface area contributed by atoms with Crippen molar-refractivity contribution in [2.24, 2.45) is 0 Å². The third-order valence-electron chi connectivity index (χ3n) is 3.02. The quantitative estimate of drug-likeness (QED) is 0.820. The number of rotatable bonds is 6. The van der Waals surface area contributed by atoms with Crippen molar-refractivity contribution in [1.82, 2.24) is 20.4 Å². The summed E-state index contributed by atoms with van der Waals surface area (Å²) in [5.74, 6) is 0.820. The molecular weight excluding hydrogens is 264 g/mol. The van der Waals surface area contributed by atoms with Crippen molar-refractivity contribution in [3.05, 3.63) is 11.7 Å². The van der Waals surface area contributed by atoms with Gasteiger partial charge in [0.25, 0.3) is 0 Å². The molecule has 112 valence electrons. The zero-order valence-corrected chi connectivity index (χ0v) is 11.8. The summed E-state index contributed by atoms with van der Waals surface area (Å²) in [5, 5.41) is 6.44. The van der Waals surface area contributed by atoms with Gasteiger partial charge in [-0.25, -0.2) is 4.79 Å². The van der Waals surface area contributed by atoms with Gasteiger partial charge >= 0.3 is 6.03 Å². The van der Waals surface area contributed by atoms with E-state index in [1.807, 2.05) is 0 Å². The standard InChI is InChI=1S/C12H20N4O4/c1-16(7-9-4-3-5-19-9)12(17)13-6-11-14-10(8-18-2)15-20-11/h9H,3-8H2,1-2H3,(H,13,17). The van der Waals surface area contributed by atoms with Crippen molar-refractivity contribution >= 4 is 6.03 Å². The highest BCUT2D eigenvalue weighted by molar-refractivity contribution is 5.73. The number of methoxy groups -OCH3 is 1. The van der Waals surface area contributed by atoms with Crippen molar-refractivity contribution in [1.29, 1.82) is 0 Å². The number of urea groups is 1. The summed E-state index contributed by atoms with van der Waals surface area (Å²) < 4.78 is 15.4. The van der Waals surface area contributed by atoms with Gasteiger partial charge in [-0.2, -0.15) is 4.98 Å². The van der Waals surface area contributed by atoms with Crippen LogP contribution < -0.4 is 5.32 Å². The Labute approximate surface area is 117 Å². The molecule has 1 aromatic heterocycles. The molecule has 1 unspecified atom stereocenters. The molecule has 0 aromatic carbocycles. The third kappa shape index (κ3) is 4.17. The van der Waals surface area contributed by atoms with Crippen molar-refractivity contribution in [3.8, 4) is 0 Å². The van der Waals surface area contributed by atoms with Crippen molar-refractivity contribution < 1.29 is 18.8 Å². The highest BCUT2D eigenvalue weighted by Crippen LogP contribution is 2.12. The van der Waals surface area contributed by atoms with E-state index >= 15 is 0 Å². The molecule has 0 radical (unpaired) electrons. The lowest BCUT2D eigenvalue weighted by atomic mass is 10.2. The van der Waals surface area contributed by atoms with Gasteiger partial charge in [-0.1, -0.05) is 5.16 Å². The van der Waals surface area contributed by atoms with Crippen LogP contribution in [0.1, 0.15) is 24.6 Å². The van der Waals surface area contributed by atoms with E-state index in [1.165, 1.54) is 0 Å². The normalized spacial score (nSPS) is 18.2. The second-order valence-corrected chi connectivity index (χ2v) is 4.71. The first-order valence-corrected chi connectivity index (χ1v) is 6.60. The maximum Gasteiger partial charge on any atom is 0.317 e. The Kier molecular flexibility index (Phi) is 5.31. The molecule has 1 saturated heterocycles. The second kappa shape index (κ2) is 7.20. The van der Waals surface area contributed by atoms with Crippen molar-refractivity contribution in [3.63, 3.8) is 0 Å². The van der Waals surface area contributed by atoms with E-state index in [4.69, 9.17) is 14.0 Å². The summed E-state index contributed by atoms with van der Waals surface area (Å²) in [6.45, 7) is 1.86. The van der Waals surface area contributed by atoms with E-state index in [1.54, 1.807) is 19.1 Å². The van der Waals surface area contributed by atoms with E-state index in [2.05, 4.69) is 15.5 Å². The smallest absolute Gasteiger partial charge is 0.317 e. The van der Waals surface area contributed by atoms with E-state index in [0.29, 0.717) is 18.3 Å². The lowest BCUT2D eigenvalue weighted by molar-refractivity contribution is 0.0873. The molecule has 0 aliphatic carbocycles. The first kappa shape index (κ1) is 14.7. The van der Waals surface area contributed by atoms with E-state index < -0.39 is 0 Å². The van der Waals surface area contributed by atoms with Crippen LogP contribution >= 0.6 is 0 Å². The van der Waals surface area contributed by atoms with Crippen molar-refractivity contribution in [2.45, 2.75) is 32.1 Å². The minimum atomic E-state index is -0.188. The Morgan fingerprint density at radius 1 is 1.60 bits per heavy atom. The minimum absolute atomic E-state index is 0.141. The molecule has 2 heterocycles. The molecule has 1 aromatic rings. The maximum atomic E-state index is 11.9. The monoisotopic (exact) mass is 284 g/mol. The van der Waals surface area contributed by atoms with E-state index in [9.17, 15) is 4.79 Å². The molecule has 1 N–H and O–H groups in total. The van der Waals surface area contributed by atoms with Crippen LogP contribution in [0, 0.1) is 0 Å². The number of carbonyl (C=O) groups excluding carboxylic acids is 1. The fourth-order valence-corrected chi connectivity index (χ4v) is 2.01. The number of nitrogens with zero attached hydrogens (tertiary/aromatic N) is 3. The number of aromatic nitrogens is 2. The fourth-order valence-electron chi connectivity index (χ4n) is 2.01. The molecule has 0 bridgehead atoms. The molecule has 8 nitrogen and oxygen atoms in total. The van der Waals surface area contributed by atoms with Crippen molar-refractivity contribution in [2.75, 3.05) is 27.3 Å². The Morgan fingerprint density at radius 3 is 3.15 bits per heavy atom. The third-order valence-corrected chi connectivity index (χ3v) is 3.02. The number of nitrogens with one attached hydrogen (secondary N) is 1. The van der Waals surface area contributed by atoms with Gasteiger partial charge in [0.15, 0.2) is 5.82 Å². The van der Waals surface area contributed by atoms with Gasteiger partial charge in [-0.3, -0.25) is 0 Å². The number of carbonyl (C=O) groups is 1. The fraction of sp³-hybridized carbons (Fsp3) is 0.750. The number of hydrogen-bond donors (Lipinski definition) is 1. The molecule has 0 saturated carbocycles. The zero-order chi connectivity index (χ0) is 14.4. The predicted molar refractivity (Wildman–Crippen MR) is 68.9 cm³/mol. The van der Waals surface area contributed by atoms with Gasteiger partial charge in [-0.05, 0) is 12.8 Å². The maximum absolute atomic E-state index is 11.9. The van der Waals surface area contributed by atoms with E-state index in [0.717, 1.165) is 19.4 Å². The van der Waals surface area contributed by atoms with Crippen LogP contribution in [0.25, 0.3) is 0 Å². The zero-order valence-electron chi connectivity index (χ0n) is 11.8. The summed E-state index contributed by atoms with van der Waals surface area (Å²) in [5.41, 5.74) is 0. The number of ether oxygens (including phenoxy) is 2. The summed E-state index contributed by atoms with van der Waals surface area (Å²) >= 11 is 0. The van der Waals surface area contributed by atoms with Crippen LogP contribution in [0.5, 0.6) is 0 Å². The molecule has 2 amide bonds. The predicted octanol–water partition coefficient (Wildman–Crippen LogP) is 0.536. The molecule has 1 aliphatic heterocycles. The van der Waals surface area contributed by atoms with Crippen LogP contribution in [-0.2, 0) is 22.6 Å². The van der Waals surface area contributed by atoms with E-state index in [-0.39, 0.29) is 25.3 Å². The number of amides is 2. The molecule has 1 fully saturated rings. The van der Waals surface area contributed by atoms with Gasteiger partial charge in [0.05, 0.1) is 12.6 Å². The summed E-state index contributed by atoms with van der Waals surface area (Å²) in [6.07, 6.45) is 2.20. The number of likely N-dealkylation sites (N-methyl/N-ethyl adjacent to an activating group) is 1. The Bertz CT molecular complexity index is 431. The highest BCUT2D eigenvalue weighted by atomic mass is 16.5. The molecule has 8 heteroatoms. The second-order valence-electron chi connectivity index (χ2n) is 4.71. The molecular formula is C12H20N4O4. The van der Waals surface area contributed by atoms with Crippen LogP contribution in [0.3, 0.4) is 0 Å². The molecule has 20 heavy (non-hydrogen) atoms. The highest BCUT2D eigenvalue weighted by Gasteiger charge is 2.20.